The largest absolute Gasteiger partial charge is 0.496 e. The lowest BCUT2D eigenvalue weighted by molar-refractivity contribution is -0.138. The minimum absolute atomic E-state index is 0.0156. The van der Waals surface area contributed by atoms with Gasteiger partial charge in [-0.1, -0.05) is 0 Å². The quantitative estimate of drug-likeness (QED) is 0.848. The van der Waals surface area contributed by atoms with E-state index in [0.29, 0.717) is 0 Å². The lowest BCUT2D eigenvalue weighted by atomic mass is 10.0. The second-order valence-electron chi connectivity index (χ2n) is 5.36. The monoisotopic (exact) mass is 395 g/mol. The first-order valence-electron chi connectivity index (χ1n) is 7.48. The fourth-order valence-corrected chi connectivity index (χ4v) is 3.20. The molecule has 140 valence electrons. The summed E-state index contributed by atoms with van der Waals surface area (Å²) in [5, 5.41) is 2.63. The summed E-state index contributed by atoms with van der Waals surface area (Å²) in [6.07, 6.45) is -0.511. The lowest BCUT2D eigenvalue weighted by Gasteiger charge is -2.20. The Morgan fingerprint density at radius 2 is 1.70 bits per heavy atom. The molecule has 2 aromatic rings. The molecule has 27 heavy (non-hydrogen) atoms. The molecule has 0 fully saturated rings. The Balaban J connectivity index is 2.07. The van der Waals surface area contributed by atoms with E-state index in [1.807, 2.05) is 0 Å². The zero-order chi connectivity index (χ0) is 19.8. The molecule has 6 nitrogen and oxygen atoms in total. The highest BCUT2D eigenvalue weighted by Crippen LogP contribution is 2.38. The average Bonchev–Trinajstić information content (AvgIpc) is 2.65. The molecule has 1 N–H and O–H groups in total. The molecule has 0 unspecified atom stereocenters. The van der Waals surface area contributed by atoms with Gasteiger partial charge in [-0.25, -0.2) is 9.97 Å². The first-order valence-corrected chi connectivity index (χ1v) is 8.71. The number of nitrogens with one attached hydrogen (secondary N) is 1. The summed E-state index contributed by atoms with van der Waals surface area (Å²) in [4.78, 5) is 33.1. The number of methoxy groups -OCH3 is 1. The highest BCUT2D eigenvalue weighted by molar-refractivity contribution is 8.03. The van der Waals surface area contributed by atoms with Crippen molar-refractivity contribution in [3.05, 3.63) is 58.1 Å². The van der Waals surface area contributed by atoms with Crippen LogP contribution in [0, 0.1) is 0 Å². The number of hydrogen-bond acceptors (Lipinski definition) is 7. The molecular formula is C17H12F3N3O3S. The van der Waals surface area contributed by atoms with Gasteiger partial charge in [0.25, 0.3) is 0 Å². The Morgan fingerprint density at radius 1 is 1.07 bits per heavy atom. The van der Waals surface area contributed by atoms with Crippen molar-refractivity contribution in [3.63, 3.8) is 0 Å². The lowest BCUT2D eigenvalue weighted by Crippen LogP contribution is -2.27. The summed E-state index contributed by atoms with van der Waals surface area (Å²) in [5.41, 5.74) is -1.39. The summed E-state index contributed by atoms with van der Waals surface area (Å²) in [6, 6.07) is 3.27. The Morgan fingerprint density at radius 3 is 2.26 bits per heavy atom. The molecule has 0 saturated carbocycles. The van der Waals surface area contributed by atoms with Crippen LogP contribution in [0.5, 0.6) is 5.75 Å². The number of ether oxygens (including phenoxy) is 1. The summed E-state index contributed by atoms with van der Waals surface area (Å²) < 4.78 is 44.4. The minimum Gasteiger partial charge on any atom is -0.496 e. The van der Waals surface area contributed by atoms with Gasteiger partial charge in [-0.2, -0.15) is 13.2 Å². The van der Waals surface area contributed by atoms with Crippen molar-refractivity contribution in [2.24, 2.45) is 0 Å². The van der Waals surface area contributed by atoms with Crippen molar-refractivity contribution >= 4 is 29.0 Å². The summed E-state index contributed by atoms with van der Waals surface area (Å²) >= 11 is 0.998. The number of anilines is 1. The van der Waals surface area contributed by atoms with Gasteiger partial charge in [0.2, 0.25) is 11.6 Å². The number of carbonyl (C=O) groups is 2. The van der Waals surface area contributed by atoms with E-state index in [1.165, 1.54) is 18.5 Å². The zero-order valence-electron chi connectivity index (χ0n) is 14.0. The maximum absolute atomic E-state index is 13.2. The number of carbonyl (C=O) groups excluding carboxylic acids is 2. The van der Waals surface area contributed by atoms with Gasteiger partial charge < -0.3 is 10.1 Å². The zero-order valence-corrected chi connectivity index (χ0v) is 14.9. The normalized spacial score (nSPS) is 14.3. The number of fused-ring (bicyclic) bond motifs is 1. The predicted molar refractivity (Wildman–Crippen MR) is 92.9 cm³/mol. The molecule has 0 saturated heterocycles. The number of hydrogen-bond donors (Lipinski definition) is 1. The van der Waals surface area contributed by atoms with E-state index in [2.05, 4.69) is 15.3 Å². The molecule has 1 aromatic heterocycles. The Hall–Kier alpha value is -2.88. The van der Waals surface area contributed by atoms with Gasteiger partial charge in [-0.3, -0.25) is 9.59 Å². The molecule has 0 radical (unpaired) electrons. The van der Waals surface area contributed by atoms with Crippen molar-refractivity contribution in [1.82, 2.24) is 9.97 Å². The Kier molecular flexibility index (Phi) is 4.92. The van der Waals surface area contributed by atoms with E-state index in [-0.39, 0.29) is 33.4 Å². The highest BCUT2D eigenvalue weighted by atomic mass is 32.2. The summed E-state index contributed by atoms with van der Waals surface area (Å²) in [6.45, 7) is 0. The van der Waals surface area contributed by atoms with Gasteiger partial charge in [0.05, 0.1) is 17.6 Å². The number of nitrogens with zero attached hydrogens (tertiary/aromatic N) is 2. The van der Waals surface area contributed by atoms with Crippen LogP contribution < -0.4 is 10.1 Å². The van der Waals surface area contributed by atoms with Crippen molar-refractivity contribution in [3.8, 4) is 5.75 Å². The molecule has 0 aliphatic heterocycles. The molecule has 1 aromatic carbocycles. The predicted octanol–water partition coefficient (Wildman–Crippen LogP) is 3.57. The van der Waals surface area contributed by atoms with E-state index in [9.17, 15) is 22.8 Å². The molecule has 1 heterocycles. The van der Waals surface area contributed by atoms with Crippen molar-refractivity contribution in [2.75, 3.05) is 18.7 Å². The Bertz CT molecular complexity index is 973. The first-order chi connectivity index (χ1) is 12.8. The molecule has 3 rings (SSSR count). The number of thioether (sulfide) groups is 1. The third-order valence-electron chi connectivity index (χ3n) is 3.77. The number of alkyl halides is 3. The van der Waals surface area contributed by atoms with Crippen LogP contribution in [0.25, 0.3) is 0 Å². The maximum Gasteiger partial charge on any atom is 0.420 e. The van der Waals surface area contributed by atoms with Gasteiger partial charge in [0, 0.05) is 18.1 Å². The van der Waals surface area contributed by atoms with E-state index in [1.54, 1.807) is 6.26 Å². The van der Waals surface area contributed by atoms with Crippen LogP contribution in [-0.2, 0) is 6.18 Å². The number of rotatable bonds is 4. The van der Waals surface area contributed by atoms with Crippen LogP contribution in [0.15, 0.2) is 41.2 Å². The molecule has 0 spiro atoms. The molecule has 10 heteroatoms. The number of aromatic nitrogens is 2. The van der Waals surface area contributed by atoms with E-state index in [0.717, 1.165) is 31.0 Å². The SMILES string of the molecule is COc1ccc(NC2=C(SC)C(=O)c3nccnc3C2=O)cc1C(F)(F)F. The fraction of sp³-hybridized carbons (Fsp3) is 0.176. The number of allylic oxidation sites excluding steroid dienone is 2. The summed E-state index contributed by atoms with van der Waals surface area (Å²) in [5.74, 6) is -1.49. The van der Waals surface area contributed by atoms with Crippen LogP contribution in [0.4, 0.5) is 18.9 Å². The fourth-order valence-electron chi connectivity index (χ4n) is 2.57. The van der Waals surface area contributed by atoms with Crippen molar-refractivity contribution in [2.45, 2.75) is 6.18 Å². The van der Waals surface area contributed by atoms with E-state index in [4.69, 9.17) is 4.74 Å². The van der Waals surface area contributed by atoms with Crippen LogP contribution in [0.2, 0.25) is 0 Å². The van der Waals surface area contributed by atoms with Crippen LogP contribution in [0.1, 0.15) is 26.5 Å². The molecule has 1 aliphatic rings. The number of benzene rings is 1. The first kappa shape index (κ1) is 18.9. The minimum atomic E-state index is -4.65. The Labute approximate surface area is 155 Å². The molecular weight excluding hydrogens is 383 g/mol. The third-order valence-corrected chi connectivity index (χ3v) is 4.56. The average molecular weight is 395 g/mol. The van der Waals surface area contributed by atoms with Crippen LogP contribution in [-0.4, -0.2) is 34.9 Å². The smallest absolute Gasteiger partial charge is 0.420 e. The third kappa shape index (κ3) is 3.39. The molecule has 0 amide bonds. The van der Waals surface area contributed by atoms with Gasteiger partial charge >= 0.3 is 6.18 Å². The topological polar surface area (TPSA) is 81.2 Å². The second kappa shape index (κ2) is 7.03. The van der Waals surface area contributed by atoms with Gasteiger partial charge in [0.15, 0.2) is 0 Å². The standard InChI is InChI=1S/C17H12F3N3O3S/c1-26-10-4-3-8(7-9(10)17(18,19)20)23-13-14(24)11-12(22-6-5-21-11)15(25)16(13)27-2/h3-7,23H,1-2H3. The molecule has 0 atom stereocenters. The van der Waals surface area contributed by atoms with Crippen molar-refractivity contribution in [1.29, 1.82) is 0 Å². The number of halogens is 3. The molecule has 1 aliphatic carbocycles. The van der Waals surface area contributed by atoms with Crippen LogP contribution >= 0.6 is 11.8 Å². The van der Waals surface area contributed by atoms with Crippen molar-refractivity contribution < 1.29 is 27.5 Å². The van der Waals surface area contributed by atoms with Gasteiger partial charge in [-0.15, -0.1) is 11.8 Å². The second-order valence-corrected chi connectivity index (χ2v) is 6.17. The summed E-state index contributed by atoms with van der Waals surface area (Å²) in [7, 11) is 1.13. The molecule has 0 bridgehead atoms. The van der Waals surface area contributed by atoms with E-state index < -0.39 is 23.3 Å². The highest BCUT2D eigenvalue weighted by Gasteiger charge is 2.36. The van der Waals surface area contributed by atoms with E-state index >= 15 is 0 Å². The maximum atomic E-state index is 13.2. The van der Waals surface area contributed by atoms with Gasteiger partial charge in [0.1, 0.15) is 22.8 Å². The number of Topliss-reactive ketones (excluding diaryl/α,β-unsaturated/α-hetero) is 2. The van der Waals surface area contributed by atoms with Gasteiger partial charge in [-0.05, 0) is 24.5 Å². The number of ketones is 2. The van der Waals surface area contributed by atoms with Crippen LogP contribution in [0.3, 0.4) is 0 Å².